The van der Waals surface area contributed by atoms with Crippen molar-refractivity contribution in [2.75, 3.05) is 13.7 Å². The highest BCUT2D eigenvalue weighted by Gasteiger charge is 2.09. The second-order valence-electron chi connectivity index (χ2n) is 4.22. The average Bonchev–Trinajstić information content (AvgIpc) is 2.93. The number of ether oxygens (including phenoxy) is 2. The van der Waals surface area contributed by atoms with Gasteiger partial charge in [0.25, 0.3) is 0 Å². The Morgan fingerprint density at radius 3 is 2.67 bits per heavy atom. The van der Waals surface area contributed by atoms with Crippen LogP contribution in [0.2, 0.25) is 0 Å². The number of nitrogens with zero attached hydrogens (tertiary/aromatic N) is 1. The van der Waals surface area contributed by atoms with E-state index >= 15 is 0 Å². The molecule has 0 bridgehead atoms. The molecule has 114 valence electrons. The molecule has 0 fully saturated rings. The van der Waals surface area contributed by atoms with Crippen LogP contribution in [0.3, 0.4) is 0 Å². The Balaban J connectivity index is 1.99. The minimum absolute atomic E-state index is 0.444. The monoisotopic (exact) mass is 434 g/mol. The average molecular weight is 436 g/mol. The Morgan fingerprint density at radius 1 is 1.24 bits per heavy atom. The van der Waals surface area contributed by atoms with Gasteiger partial charge in [0, 0.05) is 11.9 Å². The van der Waals surface area contributed by atoms with Crippen LogP contribution in [0.1, 0.15) is 17.6 Å². The lowest BCUT2D eigenvalue weighted by molar-refractivity contribution is 0.299. The van der Waals surface area contributed by atoms with E-state index in [2.05, 4.69) is 49.1 Å². The van der Waals surface area contributed by atoms with E-state index in [0.29, 0.717) is 6.61 Å². The summed E-state index contributed by atoms with van der Waals surface area (Å²) in [7, 11) is 1.63. The summed E-state index contributed by atoms with van der Waals surface area (Å²) in [5, 5.41) is 6.36. The smallest absolute Gasteiger partial charge is 0.135 e. The quantitative estimate of drug-likeness (QED) is 0.701. The van der Waals surface area contributed by atoms with Gasteiger partial charge >= 0.3 is 0 Å². The molecule has 0 aliphatic heterocycles. The van der Waals surface area contributed by atoms with Crippen LogP contribution >= 0.6 is 43.2 Å². The highest BCUT2D eigenvalue weighted by molar-refractivity contribution is 9.11. The van der Waals surface area contributed by atoms with Crippen LogP contribution in [-0.2, 0) is 13.2 Å². The first-order valence-electron chi connectivity index (χ1n) is 6.43. The van der Waals surface area contributed by atoms with Gasteiger partial charge in [-0.15, -0.1) is 11.3 Å². The predicted molar refractivity (Wildman–Crippen MR) is 92.2 cm³/mol. The number of benzene rings is 1. The van der Waals surface area contributed by atoms with Crippen molar-refractivity contribution in [2.45, 2.75) is 20.1 Å². The molecule has 0 aliphatic carbocycles. The van der Waals surface area contributed by atoms with E-state index in [-0.39, 0.29) is 0 Å². The van der Waals surface area contributed by atoms with E-state index in [0.717, 1.165) is 44.2 Å². The van der Waals surface area contributed by atoms with Gasteiger partial charge < -0.3 is 14.8 Å². The molecule has 1 aromatic heterocycles. The number of hydrogen-bond donors (Lipinski definition) is 1. The van der Waals surface area contributed by atoms with Crippen molar-refractivity contribution in [3.8, 4) is 11.5 Å². The van der Waals surface area contributed by atoms with E-state index in [9.17, 15) is 0 Å². The molecule has 1 heterocycles. The zero-order valence-electron chi connectivity index (χ0n) is 11.8. The normalized spacial score (nSPS) is 10.7. The third-order valence-corrected chi connectivity index (χ3v) is 4.84. The third kappa shape index (κ3) is 4.67. The zero-order valence-corrected chi connectivity index (χ0v) is 15.8. The molecule has 0 aliphatic rings. The minimum Gasteiger partial charge on any atom is -0.496 e. The summed E-state index contributed by atoms with van der Waals surface area (Å²) in [6, 6.07) is 3.76. The minimum atomic E-state index is 0.444. The lowest BCUT2D eigenvalue weighted by Gasteiger charge is -2.10. The Kier molecular flexibility index (Phi) is 6.47. The number of halogens is 2. The van der Waals surface area contributed by atoms with Crippen molar-refractivity contribution in [1.29, 1.82) is 0 Å². The molecule has 1 N–H and O–H groups in total. The molecule has 0 atom stereocenters. The summed E-state index contributed by atoms with van der Waals surface area (Å²) >= 11 is 8.58. The maximum atomic E-state index is 5.81. The second kappa shape index (κ2) is 8.12. The standard InChI is InChI=1S/C14H16Br2N2O2S/c1-3-17-6-14-18-9(8-21-14)7-20-13-5-10(15)12(19-2)4-11(13)16/h4-5,8,17H,3,6-7H2,1-2H3. The van der Waals surface area contributed by atoms with E-state index in [1.807, 2.05) is 17.5 Å². The van der Waals surface area contributed by atoms with Crippen LogP contribution in [0, 0.1) is 0 Å². The van der Waals surface area contributed by atoms with Gasteiger partial charge in [-0.25, -0.2) is 4.98 Å². The van der Waals surface area contributed by atoms with Crippen molar-refractivity contribution < 1.29 is 9.47 Å². The molecular weight excluding hydrogens is 420 g/mol. The fourth-order valence-corrected chi connectivity index (χ4v) is 3.33. The number of rotatable bonds is 7. The Hall–Kier alpha value is -0.630. The van der Waals surface area contributed by atoms with Gasteiger partial charge in [0.1, 0.15) is 23.1 Å². The number of aromatic nitrogens is 1. The third-order valence-electron chi connectivity index (χ3n) is 2.71. The SMILES string of the molecule is CCNCc1nc(COc2cc(Br)c(OC)cc2Br)cs1. The van der Waals surface area contributed by atoms with Crippen molar-refractivity contribution in [3.63, 3.8) is 0 Å². The summed E-state index contributed by atoms with van der Waals surface area (Å²) in [4.78, 5) is 4.53. The van der Waals surface area contributed by atoms with Gasteiger partial charge in [-0.2, -0.15) is 0 Å². The fourth-order valence-electron chi connectivity index (χ4n) is 1.66. The van der Waals surface area contributed by atoms with Crippen molar-refractivity contribution in [2.24, 2.45) is 0 Å². The van der Waals surface area contributed by atoms with Crippen LogP contribution in [0.15, 0.2) is 26.5 Å². The highest BCUT2D eigenvalue weighted by atomic mass is 79.9. The molecule has 0 amide bonds. The topological polar surface area (TPSA) is 43.4 Å². The van der Waals surface area contributed by atoms with Crippen LogP contribution in [0.4, 0.5) is 0 Å². The van der Waals surface area contributed by atoms with Gasteiger partial charge in [0.15, 0.2) is 0 Å². The molecular formula is C14H16Br2N2O2S. The lowest BCUT2D eigenvalue weighted by Crippen LogP contribution is -2.11. The van der Waals surface area contributed by atoms with Gasteiger partial charge in [-0.3, -0.25) is 0 Å². The van der Waals surface area contributed by atoms with Crippen molar-refractivity contribution in [3.05, 3.63) is 37.2 Å². The van der Waals surface area contributed by atoms with Gasteiger partial charge in [-0.05, 0) is 50.5 Å². The Morgan fingerprint density at radius 2 is 1.95 bits per heavy atom. The largest absolute Gasteiger partial charge is 0.496 e. The molecule has 2 aromatic rings. The zero-order chi connectivity index (χ0) is 15.2. The molecule has 0 unspecified atom stereocenters. The second-order valence-corrected chi connectivity index (χ2v) is 6.87. The van der Waals surface area contributed by atoms with E-state index < -0.39 is 0 Å². The van der Waals surface area contributed by atoms with Crippen molar-refractivity contribution in [1.82, 2.24) is 10.3 Å². The number of thiazole rings is 1. The molecule has 0 saturated heterocycles. The molecule has 0 radical (unpaired) electrons. The summed E-state index contributed by atoms with van der Waals surface area (Å²) < 4.78 is 12.8. The van der Waals surface area contributed by atoms with Gasteiger partial charge in [-0.1, -0.05) is 6.92 Å². The van der Waals surface area contributed by atoms with Crippen LogP contribution < -0.4 is 14.8 Å². The first-order chi connectivity index (χ1) is 10.1. The fraction of sp³-hybridized carbons (Fsp3) is 0.357. The van der Waals surface area contributed by atoms with Crippen LogP contribution in [0.5, 0.6) is 11.5 Å². The number of hydrogen-bond acceptors (Lipinski definition) is 5. The van der Waals surface area contributed by atoms with Crippen molar-refractivity contribution >= 4 is 43.2 Å². The van der Waals surface area contributed by atoms with Gasteiger partial charge in [0.2, 0.25) is 0 Å². The summed E-state index contributed by atoms with van der Waals surface area (Å²) in [5.41, 5.74) is 0.937. The molecule has 2 rings (SSSR count). The van der Waals surface area contributed by atoms with E-state index in [1.165, 1.54) is 0 Å². The molecule has 4 nitrogen and oxygen atoms in total. The van der Waals surface area contributed by atoms with Crippen LogP contribution in [0.25, 0.3) is 0 Å². The Bertz CT molecular complexity index is 605. The predicted octanol–water partition coefficient (Wildman–Crippen LogP) is 4.37. The summed E-state index contributed by atoms with van der Waals surface area (Å²) in [5.74, 6) is 1.51. The number of nitrogens with one attached hydrogen (secondary N) is 1. The highest BCUT2D eigenvalue weighted by Crippen LogP contribution is 2.36. The molecule has 0 spiro atoms. The Labute approximate surface area is 145 Å². The lowest BCUT2D eigenvalue weighted by atomic mass is 10.3. The van der Waals surface area contributed by atoms with E-state index in [1.54, 1.807) is 18.4 Å². The van der Waals surface area contributed by atoms with Gasteiger partial charge in [0.05, 0.1) is 21.7 Å². The van der Waals surface area contributed by atoms with Crippen LogP contribution in [-0.4, -0.2) is 18.6 Å². The molecule has 7 heteroatoms. The first-order valence-corrected chi connectivity index (χ1v) is 8.90. The molecule has 0 saturated carbocycles. The number of methoxy groups -OCH3 is 1. The maximum Gasteiger partial charge on any atom is 0.135 e. The molecule has 21 heavy (non-hydrogen) atoms. The molecule has 1 aromatic carbocycles. The first kappa shape index (κ1) is 16.7. The summed E-state index contributed by atoms with van der Waals surface area (Å²) in [6.07, 6.45) is 0. The summed E-state index contributed by atoms with van der Waals surface area (Å²) in [6.45, 7) is 4.27. The maximum absolute atomic E-state index is 5.81. The van der Waals surface area contributed by atoms with E-state index in [4.69, 9.17) is 9.47 Å².